The Morgan fingerprint density at radius 1 is 1.47 bits per heavy atom. The van der Waals surface area contributed by atoms with Crippen LogP contribution in [-0.2, 0) is 11.3 Å². The molecule has 6 heteroatoms. The Hall–Kier alpha value is -0.590. The van der Waals surface area contributed by atoms with Crippen LogP contribution in [0, 0.1) is 6.92 Å². The molecule has 2 aliphatic rings. The summed E-state index contributed by atoms with van der Waals surface area (Å²) >= 11 is 1.86. The maximum absolute atomic E-state index is 5.98. The van der Waals surface area contributed by atoms with Gasteiger partial charge in [-0.15, -0.1) is 10.2 Å². The van der Waals surface area contributed by atoms with Crippen LogP contribution in [0.4, 0.5) is 0 Å². The highest BCUT2D eigenvalue weighted by molar-refractivity contribution is 7.99. The first-order valence-corrected chi connectivity index (χ1v) is 8.01. The van der Waals surface area contributed by atoms with Crippen LogP contribution in [0.25, 0.3) is 0 Å². The first kappa shape index (κ1) is 13.4. The quantitative estimate of drug-likeness (QED) is 0.911. The molecule has 5 nitrogen and oxygen atoms in total. The maximum atomic E-state index is 5.98. The first-order chi connectivity index (χ1) is 9.22. The molecule has 3 rings (SSSR count). The topological polar surface area (TPSA) is 66.0 Å². The van der Waals surface area contributed by atoms with Crippen molar-refractivity contribution in [1.82, 2.24) is 14.8 Å². The van der Waals surface area contributed by atoms with E-state index in [1.807, 2.05) is 18.7 Å². The number of aryl methyl sites for hydroxylation is 1. The van der Waals surface area contributed by atoms with Gasteiger partial charge < -0.3 is 15.0 Å². The minimum atomic E-state index is 0.198. The molecule has 2 N–H and O–H groups in total. The van der Waals surface area contributed by atoms with Crippen LogP contribution in [0.5, 0.6) is 0 Å². The van der Waals surface area contributed by atoms with Gasteiger partial charge in [-0.2, -0.15) is 0 Å². The number of rotatable bonds is 4. The molecule has 0 bridgehead atoms. The summed E-state index contributed by atoms with van der Waals surface area (Å²) in [6.45, 7) is 4.31. The highest BCUT2D eigenvalue weighted by atomic mass is 32.2. The Kier molecular flexibility index (Phi) is 3.82. The van der Waals surface area contributed by atoms with Crippen molar-refractivity contribution >= 4 is 11.8 Å². The summed E-state index contributed by atoms with van der Waals surface area (Å²) in [5.74, 6) is 0.957. The lowest BCUT2D eigenvalue weighted by Gasteiger charge is -2.46. The second-order valence-electron chi connectivity index (χ2n) is 5.59. The van der Waals surface area contributed by atoms with E-state index in [-0.39, 0.29) is 5.60 Å². The minimum absolute atomic E-state index is 0.198. The number of hydrogen-bond acceptors (Lipinski definition) is 5. The van der Waals surface area contributed by atoms with Crippen molar-refractivity contribution in [2.24, 2.45) is 5.73 Å². The normalized spacial score (nSPS) is 25.5. The summed E-state index contributed by atoms with van der Waals surface area (Å²) in [5, 5.41) is 10.1. The molecule has 0 radical (unpaired) electrons. The fraction of sp³-hybridized carbons (Fsp3) is 0.846. The predicted octanol–water partition coefficient (Wildman–Crippen LogP) is 1.74. The number of aromatic nitrogens is 3. The van der Waals surface area contributed by atoms with Crippen LogP contribution in [0.3, 0.4) is 0 Å². The number of hydrogen-bond donors (Lipinski definition) is 1. The molecule has 1 spiro atoms. The molecule has 1 aromatic rings. The Bertz CT molecular complexity index is 444. The molecule has 1 atom stereocenters. The molecular weight excluding hydrogens is 260 g/mol. The zero-order valence-electron chi connectivity index (χ0n) is 11.5. The van der Waals surface area contributed by atoms with E-state index in [0.29, 0.717) is 11.8 Å². The highest BCUT2D eigenvalue weighted by Crippen LogP contribution is 2.46. The van der Waals surface area contributed by atoms with Crippen LogP contribution in [0.15, 0.2) is 5.16 Å². The molecule has 1 unspecified atom stereocenters. The first-order valence-electron chi connectivity index (χ1n) is 7.13. The molecule has 1 saturated heterocycles. The van der Waals surface area contributed by atoms with E-state index in [2.05, 4.69) is 14.8 Å². The standard InChI is InChI=1S/C13H22N4OS/c1-10-15-16-12(17(10)7-6-14)19-11-3-8-18-13(9-11)4-2-5-13/h11H,2-9,14H2,1H3. The van der Waals surface area contributed by atoms with Gasteiger partial charge in [-0.25, -0.2) is 0 Å². The molecule has 0 aromatic carbocycles. The van der Waals surface area contributed by atoms with E-state index in [0.717, 1.165) is 37.0 Å². The van der Waals surface area contributed by atoms with Crippen molar-refractivity contribution in [3.63, 3.8) is 0 Å². The molecule has 1 aromatic heterocycles. The minimum Gasteiger partial charge on any atom is -0.375 e. The van der Waals surface area contributed by atoms with Crippen LogP contribution >= 0.6 is 11.8 Å². The average Bonchev–Trinajstić information content (AvgIpc) is 2.71. The third kappa shape index (κ3) is 2.66. The smallest absolute Gasteiger partial charge is 0.191 e. The largest absolute Gasteiger partial charge is 0.375 e. The van der Waals surface area contributed by atoms with Gasteiger partial charge in [0.05, 0.1) is 5.60 Å². The van der Waals surface area contributed by atoms with Gasteiger partial charge in [-0.3, -0.25) is 0 Å². The van der Waals surface area contributed by atoms with Crippen molar-refractivity contribution in [2.45, 2.75) is 61.6 Å². The van der Waals surface area contributed by atoms with Gasteiger partial charge in [0.1, 0.15) is 5.82 Å². The third-order valence-corrected chi connectivity index (χ3v) is 5.49. The summed E-state index contributed by atoms with van der Waals surface area (Å²) in [6, 6.07) is 0. The monoisotopic (exact) mass is 282 g/mol. The lowest BCUT2D eigenvalue weighted by molar-refractivity contribution is -0.125. The Morgan fingerprint density at radius 2 is 2.32 bits per heavy atom. The fourth-order valence-corrected chi connectivity index (χ4v) is 4.33. The molecule has 0 amide bonds. The van der Waals surface area contributed by atoms with Crippen molar-refractivity contribution in [2.75, 3.05) is 13.2 Å². The van der Waals surface area contributed by atoms with Crippen LogP contribution in [-0.4, -0.2) is 38.8 Å². The molecule has 19 heavy (non-hydrogen) atoms. The van der Waals surface area contributed by atoms with Crippen LogP contribution in [0.1, 0.15) is 37.9 Å². The fourth-order valence-electron chi connectivity index (χ4n) is 2.99. The molecule has 2 heterocycles. The summed E-state index contributed by atoms with van der Waals surface area (Å²) < 4.78 is 8.11. The van der Waals surface area contributed by atoms with Crippen molar-refractivity contribution in [3.8, 4) is 0 Å². The molecule has 2 fully saturated rings. The maximum Gasteiger partial charge on any atom is 0.191 e. The molecular formula is C13H22N4OS. The Balaban J connectivity index is 1.67. The van der Waals surface area contributed by atoms with Crippen molar-refractivity contribution in [3.05, 3.63) is 5.82 Å². The number of thioether (sulfide) groups is 1. The highest BCUT2D eigenvalue weighted by Gasteiger charge is 2.43. The summed E-state index contributed by atoms with van der Waals surface area (Å²) in [4.78, 5) is 0. The lowest BCUT2D eigenvalue weighted by atomic mass is 9.75. The van der Waals surface area contributed by atoms with E-state index >= 15 is 0 Å². The lowest BCUT2D eigenvalue weighted by Crippen LogP contribution is -2.46. The Morgan fingerprint density at radius 3 is 3.00 bits per heavy atom. The second-order valence-corrected chi connectivity index (χ2v) is 6.86. The van der Waals surface area contributed by atoms with E-state index in [9.17, 15) is 0 Å². The Labute approximate surface area is 118 Å². The van der Waals surface area contributed by atoms with Gasteiger partial charge in [0.25, 0.3) is 0 Å². The molecule has 1 saturated carbocycles. The molecule has 1 aliphatic carbocycles. The van der Waals surface area contributed by atoms with E-state index in [1.165, 1.54) is 19.3 Å². The third-order valence-electron chi connectivity index (χ3n) is 4.24. The van der Waals surface area contributed by atoms with E-state index < -0.39 is 0 Å². The van der Waals surface area contributed by atoms with Gasteiger partial charge in [-0.1, -0.05) is 11.8 Å². The number of nitrogens with zero attached hydrogens (tertiary/aromatic N) is 3. The van der Waals surface area contributed by atoms with Crippen molar-refractivity contribution < 1.29 is 4.74 Å². The van der Waals surface area contributed by atoms with Gasteiger partial charge in [-0.05, 0) is 39.0 Å². The number of nitrogens with two attached hydrogens (primary N) is 1. The van der Waals surface area contributed by atoms with E-state index in [4.69, 9.17) is 10.5 Å². The molecule has 106 valence electrons. The zero-order valence-corrected chi connectivity index (χ0v) is 12.3. The van der Waals surface area contributed by atoms with Crippen LogP contribution < -0.4 is 5.73 Å². The SMILES string of the molecule is Cc1nnc(SC2CCOC3(CCC3)C2)n1CCN. The van der Waals surface area contributed by atoms with Crippen LogP contribution in [0.2, 0.25) is 0 Å². The van der Waals surface area contributed by atoms with Gasteiger partial charge >= 0.3 is 0 Å². The average molecular weight is 282 g/mol. The zero-order chi connectivity index (χ0) is 13.3. The van der Waals surface area contributed by atoms with Gasteiger partial charge in [0, 0.05) is 24.9 Å². The predicted molar refractivity (Wildman–Crippen MR) is 75.2 cm³/mol. The number of ether oxygens (including phenoxy) is 1. The van der Waals surface area contributed by atoms with E-state index in [1.54, 1.807) is 0 Å². The van der Waals surface area contributed by atoms with Crippen molar-refractivity contribution in [1.29, 1.82) is 0 Å². The summed E-state index contributed by atoms with van der Waals surface area (Å²) in [6.07, 6.45) is 6.06. The second kappa shape index (κ2) is 5.42. The summed E-state index contributed by atoms with van der Waals surface area (Å²) in [5.41, 5.74) is 5.86. The van der Waals surface area contributed by atoms with Gasteiger partial charge in [0.15, 0.2) is 5.16 Å². The molecule has 1 aliphatic heterocycles. The van der Waals surface area contributed by atoms with Gasteiger partial charge in [0.2, 0.25) is 0 Å². The summed E-state index contributed by atoms with van der Waals surface area (Å²) in [7, 11) is 0.